The Morgan fingerprint density at radius 1 is 1.00 bits per heavy atom. The van der Waals surface area contributed by atoms with E-state index in [-0.39, 0.29) is 0 Å². The van der Waals surface area contributed by atoms with Gasteiger partial charge in [0.25, 0.3) is 0 Å². The van der Waals surface area contributed by atoms with Crippen LogP contribution < -0.4 is 10.8 Å². The molecule has 0 spiro atoms. The fourth-order valence-electron chi connectivity index (χ4n) is 1.75. The monoisotopic (exact) mass is 277 g/mol. The largest absolute Gasteiger partial charge is 0.381 e. The van der Waals surface area contributed by atoms with Crippen LogP contribution in [0.25, 0.3) is 0 Å². The lowest BCUT2D eigenvalue weighted by molar-refractivity contribution is 1.15. The van der Waals surface area contributed by atoms with Crippen molar-refractivity contribution in [3.05, 3.63) is 58.1 Å². The first-order valence-electron chi connectivity index (χ1n) is 5.96. The van der Waals surface area contributed by atoms with Crippen LogP contribution in [0.2, 0.25) is 16.9 Å². The van der Waals surface area contributed by atoms with Gasteiger partial charge in [-0.05, 0) is 24.3 Å². The van der Waals surface area contributed by atoms with Gasteiger partial charge in [0.15, 0.2) is 7.28 Å². The summed E-state index contributed by atoms with van der Waals surface area (Å²) in [4.78, 5) is 0. The molecule has 0 saturated heterocycles. The van der Waals surface area contributed by atoms with Crippen molar-refractivity contribution in [3.63, 3.8) is 0 Å². The van der Waals surface area contributed by atoms with Gasteiger partial charge in [0.05, 0.1) is 0 Å². The summed E-state index contributed by atoms with van der Waals surface area (Å²) in [7, 11) is 1.05. The highest BCUT2D eigenvalue weighted by Crippen LogP contribution is 2.24. The summed E-state index contributed by atoms with van der Waals surface area (Å²) in [5.41, 5.74) is 3.33. The molecule has 0 amide bonds. The van der Waals surface area contributed by atoms with Crippen molar-refractivity contribution >= 4 is 41.6 Å². The number of hydrogen-bond acceptors (Lipinski definition) is 1. The maximum atomic E-state index is 6.12. The SMILES string of the molecule is CBc1ccc(NCc2c(Cl)cccc2Cl)cc1. The van der Waals surface area contributed by atoms with Crippen LogP contribution in [0.1, 0.15) is 5.56 Å². The summed E-state index contributed by atoms with van der Waals surface area (Å²) < 4.78 is 0. The molecule has 18 heavy (non-hydrogen) atoms. The number of nitrogens with one attached hydrogen (secondary N) is 1. The van der Waals surface area contributed by atoms with Gasteiger partial charge in [-0.15, -0.1) is 0 Å². The van der Waals surface area contributed by atoms with Crippen molar-refractivity contribution < 1.29 is 0 Å². The third-order valence-electron chi connectivity index (χ3n) is 2.89. The molecule has 0 aromatic heterocycles. The van der Waals surface area contributed by atoms with Gasteiger partial charge in [0, 0.05) is 27.8 Å². The van der Waals surface area contributed by atoms with E-state index in [1.807, 2.05) is 18.2 Å². The Morgan fingerprint density at radius 3 is 2.17 bits per heavy atom. The zero-order valence-corrected chi connectivity index (χ0v) is 11.7. The molecule has 0 radical (unpaired) electrons. The number of anilines is 1. The fourth-order valence-corrected chi connectivity index (χ4v) is 2.28. The molecular weight excluding hydrogens is 264 g/mol. The van der Waals surface area contributed by atoms with E-state index < -0.39 is 0 Å². The average molecular weight is 278 g/mol. The van der Waals surface area contributed by atoms with Gasteiger partial charge < -0.3 is 5.32 Å². The molecule has 0 atom stereocenters. The number of benzene rings is 2. The first-order valence-corrected chi connectivity index (χ1v) is 6.72. The second-order valence-corrected chi connectivity index (χ2v) is 4.92. The van der Waals surface area contributed by atoms with Crippen molar-refractivity contribution in [1.29, 1.82) is 0 Å². The number of rotatable bonds is 4. The minimum Gasteiger partial charge on any atom is -0.381 e. The molecule has 4 heteroatoms. The lowest BCUT2D eigenvalue weighted by Gasteiger charge is -2.10. The Bertz CT molecular complexity index is 506. The van der Waals surface area contributed by atoms with E-state index in [0.717, 1.165) is 18.5 Å². The molecule has 2 aromatic carbocycles. The lowest BCUT2D eigenvalue weighted by atomic mass is 9.73. The Hall–Kier alpha value is -1.12. The molecular formula is C14H14BCl2N. The van der Waals surface area contributed by atoms with Crippen molar-refractivity contribution in [2.75, 3.05) is 5.32 Å². The van der Waals surface area contributed by atoms with Gasteiger partial charge in [-0.3, -0.25) is 0 Å². The van der Waals surface area contributed by atoms with Gasteiger partial charge >= 0.3 is 0 Å². The van der Waals surface area contributed by atoms with Gasteiger partial charge in [-0.1, -0.05) is 53.7 Å². The molecule has 0 bridgehead atoms. The molecule has 0 fully saturated rings. The van der Waals surface area contributed by atoms with Crippen LogP contribution in [0, 0.1) is 0 Å². The third kappa shape index (κ3) is 3.21. The summed E-state index contributed by atoms with van der Waals surface area (Å²) in [5.74, 6) is 0. The Labute approximate surface area is 118 Å². The molecule has 0 aliphatic carbocycles. The molecule has 0 saturated carbocycles. The van der Waals surface area contributed by atoms with Crippen LogP contribution in [0.5, 0.6) is 0 Å². The highest BCUT2D eigenvalue weighted by Gasteiger charge is 2.04. The highest BCUT2D eigenvalue weighted by molar-refractivity contribution is 6.51. The van der Waals surface area contributed by atoms with Crippen LogP contribution in [0.4, 0.5) is 5.69 Å². The second kappa shape index (κ2) is 6.17. The van der Waals surface area contributed by atoms with Gasteiger partial charge in [-0.25, -0.2) is 0 Å². The quantitative estimate of drug-likeness (QED) is 0.840. The van der Waals surface area contributed by atoms with Crippen LogP contribution in [-0.4, -0.2) is 7.28 Å². The topological polar surface area (TPSA) is 12.0 Å². The third-order valence-corrected chi connectivity index (χ3v) is 3.60. The van der Waals surface area contributed by atoms with Crippen molar-refractivity contribution in [2.45, 2.75) is 13.4 Å². The van der Waals surface area contributed by atoms with Crippen LogP contribution in [-0.2, 0) is 6.54 Å². The Kier molecular flexibility index (Phi) is 4.57. The Balaban J connectivity index is 2.06. The van der Waals surface area contributed by atoms with E-state index in [1.165, 1.54) is 5.46 Å². The smallest absolute Gasteiger partial charge is 0.154 e. The van der Waals surface area contributed by atoms with Crippen molar-refractivity contribution in [3.8, 4) is 0 Å². The predicted molar refractivity (Wildman–Crippen MR) is 82.9 cm³/mol. The highest BCUT2D eigenvalue weighted by atomic mass is 35.5. The first-order chi connectivity index (χ1) is 8.70. The maximum Gasteiger partial charge on any atom is 0.154 e. The fraction of sp³-hybridized carbons (Fsp3) is 0.143. The van der Waals surface area contributed by atoms with Crippen LogP contribution in [0.15, 0.2) is 42.5 Å². The number of hydrogen-bond donors (Lipinski definition) is 1. The minimum atomic E-state index is 0.629. The summed E-state index contributed by atoms with van der Waals surface area (Å²) >= 11 is 12.2. The molecule has 0 aliphatic rings. The van der Waals surface area contributed by atoms with Gasteiger partial charge in [0.1, 0.15) is 0 Å². The molecule has 2 aromatic rings. The average Bonchev–Trinajstić information content (AvgIpc) is 2.39. The standard InChI is InChI=1S/C14H14BCl2N/c1-15-10-5-7-11(8-6-10)18-9-12-13(16)3-2-4-14(12)17/h2-8,15,18H,9H2,1H3. The molecule has 0 heterocycles. The van der Waals surface area contributed by atoms with E-state index in [0.29, 0.717) is 16.6 Å². The number of halogens is 2. The summed E-state index contributed by atoms with van der Waals surface area (Å²) in [6.07, 6.45) is 0. The summed E-state index contributed by atoms with van der Waals surface area (Å²) in [6, 6.07) is 13.9. The van der Waals surface area contributed by atoms with E-state index in [1.54, 1.807) is 0 Å². The van der Waals surface area contributed by atoms with Crippen molar-refractivity contribution in [1.82, 2.24) is 0 Å². The van der Waals surface area contributed by atoms with Gasteiger partial charge in [0.2, 0.25) is 0 Å². The minimum absolute atomic E-state index is 0.629. The van der Waals surface area contributed by atoms with Gasteiger partial charge in [-0.2, -0.15) is 0 Å². The predicted octanol–water partition coefficient (Wildman–Crippen LogP) is 3.72. The van der Waals surface area contributed by atoms with E-state index in [9.17, 15) is 0 Å². The molecule has 0 unspecified atom stereocenters. The van der Waals surface area contributed by atoms with Crippen LogP contribution >= 0.6 is 23.2 Å². The molecule has 1 N–H and O–H groups in total. The molecule has 2 rings (SSSR count). The first kappa shape index (κ1) is 13.3. The zero-order valence-electron chi connectivity index (χ0n) is 10.2. The van der Waals surface area contributed by atoms with Crippen LogP contribution in [0.3, 0.4) is 0 Å². The molecule has 1 nitrogen and oxygen atoms in total. The van der Waals surface area contributed by atoms with E-state index in [2.05, 4.69) is 36.4 Å². The molecule has 0 aliphatic heterocycles. The Morgan fingerprint density at radius 2 is 1.61 bits per heavy atom. The summed E-state index contributed by atoms with van der Waals surface area (Å²) in [6.45, 7) is 2.77. The maximum absolute atomic E-state index is 6.12. The second-order valence-electron chi connectivity index (χ2n) is 4.10. The summed E-state index contributed by atoms with van der Waals surface area (Å²) in [5, 5.41) is 4.71. The van der Waals surface area contributed by atoms with Crippen molar-refractivity contribution in [2.24, 2.45) is 0 Å². The van der Waals surface area contributed by atoms with E-state index >= 15 is 0 Å². The van der Waals surface area contributed by atoms with E-state index in [4.69, 9.17) is 23.2 Å². The normalized spacial score (nSPS) is 10.2. The molecule has 92 valence electrons. The zero-order chi connectivity index (χ0) is 13.0. The lowest BCUT2D eigenvalue weighted by Crippen LogP contribution is -2.10.